The maximum Gasteiger partial charge on any atom is 0.358 e. The van der Waals surface area contributed by atoms with Crippen LogP contribution in [0.1, 0.15) is 6.92 Å². The first-order valence-corrected chi connectivity index (χ1v) is 5.86. The minimum Gasteiger partial charge on any atom is -0.464 e. The van der Waals surface area contributed by atoms with Crippen LogP contribution in [0.2, 0.25) is 0 Å². The Bertz CT molecular complexity index is 372. The maximum absolute atomic E-state index is 11.2. The van der Waals surface area contributed by atoms with Gasteiger partial charge in [-0.05, 0) is 6.92 Å². The van der Waals surface area contributed by atoms with Crippen LogP contribution in [0.15, 0.2) is 9.55 Å². The summed E-state index contributed by atoms with van der Waals surface area (Å²) in [6.45, 7) is 1.78. The Kier molecular flexibility index (Phi) is 2.12. The number of rotatable bonds is 1. The van der Waals surface area contributed by atoms with Crippen LogP contribution in [-0.2, 0) is 13.8 Å². The fraction of sp³-hybridized carbons (Fsp3) is 0.333. The second kappa shape index (κ2) is 3.15. The zero-order valence-electron chi connectivity index (χ0n) is 6.94. The van der Waals surface area contributed by atoms with E-state index in [2.05, 4.69) is 14.3 Å². The number of oxime groups is 1. The van der Waals surface area contributed by atoms with Gasteiger partial charge in [0.25, 0.3) is 0 Å². The fourth-order valence-corrected chi connectivity index (χ4v) is 3.64. The van der Waals surface area contributed by atoms with Gasteiger partial charge in [-0.3, -0.25) is 0 Å². The Morgan fingerprint density at radius 3 is 3.15 bits per heavy atom. The molecule has 1 unspecified atom stereocenters. The molecule has 2 aliphatic rings. The van der Waals surface area contributed by atoms with Gasteiger partial charge in [-0.15, -0.1) is 0 Å². The molecule has 0 bridgehead atoms. The Hall–Kier alpha value is -0.820. The van der Waals surface area contributed by atoms with Crippen LogP contribution in [0.3, 0.4) is 0 Å². The van der Waals surface area contributed by atoms with Gasteiger partial charge in [0.1, 0.15) is 14.7 Å². The molecule has 0 fully saturated rings. The van der Waals surface area contributed by atoms with E-state index < -0.39 is 15.8 Å². The van der Waals surface area contributed by atoms with Crippen molar-refractivity contribution in [1.82, 2.24) is 0 Å². The molecule has 0 radical (unpaired) electrons. The van der Waals surface area contributed by atoms with Crippen molar-refractivity contribution in [1.29, 1.82) is 0 Å². The second-order valence-corrected chi connectivity index (χ2v) is 5.03. The van der Waals surface area contributed by atoms with Crippen molar-refractivity contribution in [2.75, 3.05) is 7.11 Å². The van der Waals surface area contributed by atoms with Crippen molar-refractivity contribution in [2.24, 2.45) is 9.55 Å². The highest BCUT2D eigenvalue weighted by atomic mass is 33.1. The molecule has 0 aromatic carbocycles. The molecule has 0 saturated heterocycles. The van der Waals surface area contributed by atoms with E-state index in [-0.39, 0.29) is 0 Å². The average Bonchev–Trinajstić information content (AvgIpc) is 2.68. The van der Waals surface area contributed by atoms with Crippen molar-refractivity contribution in [3.05, 3.63) is 0 Å². The number of esters is 1. The molecule has 0 aromatic heterocycles. The molecule has 70 valence electrons. The van der Waals surface area contributed by atoms with Gasteiger partial charge in [-0.2, -0.15) is 4.40 Å². The number of methoxy groups -OCH3 is 1. The van der Waals surface area contributed by atoms with Crippen LogP contribution in [0, 0.1) is 0 Å². The van der Waals surface area contributed by atoms with Crippen LogP contribution < -0.4 is 0 Å². The summed E-state index contributed by atoms with van der Waals surface area (Å²) in [5.74, 6) is -0.433. The van der Waals surface area contributed by atoms with Gasteiger partial charge in [0.15, 0.2) is 5.71 Å². The first-order chi connectivity index (χ1) is 6.24. The summed E-state index contributed by atoms with van der Waals surface area (Å²) in [7, 11) is 2.01. The SMILES string of the molecule is COC(=O)C1=NSS2=C1C(C)=NO2. The number of carbonyl (C=O) groups is 1. The molecule has 0 spiro atoms. The molecule has 0 N–H and O–H groups in total. The van der Waals surface area contributed by atoms with Crippen LogP contribution in [0.4, 0.5) is 0 Å². The zero-order valence-corrected chi connectivity index (χ0v) is 8.57. The van der Waals surface area contributed by atoms with Crippen molar-refractivity contribution in [3.63, 3.8) is 0 Å². The van der Waals surface area contributed by atoms with Gasteiger partial charge in [-0.25, -0.2) is 4.79 Å². The van der Waals surface area contributed by atoms with Gasteiger partial charge in [0.2, 0.25) is 0 Å². The topological polar surface area (TPSA) is 60.2 Å². The number of hydrogen-bond acceptors (Lipinski definition) is 6. The largest absolute Gasteiger partial charge is 0.464 e. The van der Waals surface area contributed by atoms with E-state index in [0.717, 1.165) is 4.86 Å². The molecule has 7 heteroatoms. The lowest BCUT2D eigenvalue weighted by atomic mass is 10.2. The monoisotopic (exact) mass is 218 g/mol. The highest BCUT2D eigenvalue weighted by Gasteiger charge is 2.33. The number of carbonyl (C=O) groups excluding carboxylic acids is 1. The Morgan fingerprint density at radius 2 is 2.46 bits per heavy atom. The first-order valence-electron chi connectivity index (χ1n) is 3.42. The quantitative estimate of drug-likeness (QED) is 0.284. The van der Waals surface area contributed by atoms with E-state index in [0.29, 0.717) is 11.4 Å². The smallest absolute Gasteiger partial charge is 0.358 e. The molecular weight excluding hydrogens is 212 g/mol. The number of ether oxygens (including phenoxy) is 1. The van der Waals surface area contributed by atoms with Crippen molar-refractivity contribution < 1.29 is 13.8 Å². The summed E-state index contributed by atoms with van der Waals surface area (Å²) in [5.41, 5.74) is 1.03. The molecule has 0 aliphatic carbocycles. The van der Waals surface area contributed by atoms with Crippen LogP contribution in [0.25, 0.3) is 0 Å². The van der Waals surface area contributed by atoms with E-state index in [1.807, 2.05) is 0 Å². The van der Waals surface area contributed by atoms with Crippen LogP contribution in [-0.4, -0.2) is 29.4 Å². The molecule has 5 nitrogen and oxygen atoms in total. The summed E-state index contributed by atoms with van der Waals surface area (Å²) in [4.78, 5) is 12.0. The van der Waals surface area contributed by atoms with Crippen LogP contribution in [0.5, 0.6) is 0 Å². The Labute approximate surface area is 80.8 Å². The van der Waals surface area contributed by atoms with Gasteiger partial charge >= 0.3 is 5.97 Å². The summed E-state index contributed by atoms with van der Waals surface area (Å²) in [6, 6.07) is 0. The molecule has 2 aliphatic heterocycles. The minimum absolute atomic E-state index is 0.328. The van der Waals surface area contributed by atoms with E-state index in [9.17, 15) is 4.79 Å². The number of hydrogen-bond donors (Lipinski definition) is 0. The van der Waals surface area contributed by atoms with Crippen LogP contribution >= 0.6 is 20.8 Å². The molecule has 2 heterocycles. The van der Waals surface area contributed by atoms with Gasteiger partial charge < -0.3 is 9.02 Å². The highest BCUT2D eigenvalue weighted by Crippen LogP contribution is 2.43. The second-order valence-electron chi connectivity index (χ2n) is 2.32. The predicted molar refractivity (Wildman–Crippen MR) is 53.8 cm³/mol. The minimum atomic E-state index is -0.525. The standard InChI is InChI=1S/C6H6N2O3S2/c1-3-5-4(6(9)10-2)8-12-13(5)11-7-3/h1-2H3. The molecule has 13 heavy (non-hydrogen) atoms. The third-order valence-electron chi connectivity index (χ3n) is 1.53. The number of nitrogens with zero attached hydrogens (tertiary/aromatic N) is 2. The fourth-order valence-electron chi connectivity index (χ4n) is 0.929. The average molecular weight is 218 g/mol. The Balaban J connectivity index is 2.34. The summed E-state index contributed by atoms with van der Waals surface area (Å²) < 4.78 is 13.6. The highest BCUT2D eigenvalue weighted by molar-refractivity contribution is 8.83. The van der Waals surface area contributed by atoms with E-state index in [4.69, 9.17) is 4.28 Å². The zero-order chi connectivity index (χ0) is 9.42. The van der Waals surface area contributed by atoms with E-state index in [1.54, 1.807) is 6.92 Å². The first kappa shape index (κ1) is 8.76. The maximum atomic E-state index is 11.2. The van der Waals surface area contributed by atoms with Crippen molar-refractivity contribution in [2.45, 2.75) is 6.92 Å². The van der Waals surface area contributed by atoms with E-state index in [1.165, 1.54) is 18.1 Å². The molecule has 2 rings (SSSR count). The summed E-state index contributed by atoms with van der Waals surface area (Å²) in [6.07, 6.45) is 0. The molecular formula is C6H6N2O3S2. The molecule has 1 atom stereocenters. The normalized spacial score (nSPS) is 24.8. The summed E-state index contributed by atoms with van der Waals surface area (Å²) in [5, 5.41) is 3.77. The lowest BCUT2D eigenvalue weighted by Gasteiger charge is -1.97. The summed E-state index contributed by atoms with van der Waals surface area (Å²) >= 11 is 0. The lowest BCUT2D eigenvalue weighted by molar-refractivity contribution is -0.132. The van der Waals surface area contributed by atoms with Gasteiger partial charge in [-0.1, -0.05) is 5.16 Å². The van der Waals surface area contributed by atoms with Crippen molar-refractivity contribution in [3.8, 4) is 0 Å². The van der Waals surface area contributed by atoms with Gasteiger partial charge in [0, 0.05) is 0 Å². The van der Waals surface area contributed by atoms with E-state index >= 15 is 0 Å². The molecule has 0 saturated carbocycles. The third kappa shape index (κ3) is 1.28. The Morgan fingerprint density at radius 1 is 1.69 bits per heavy atom. The predicted octanol–water partition coefficient (Wildman–Crippen LogP) is 0.940. The lowest BCUT2D eigenvalue weighted by Crippen LogP contribution is -2.26. The molecule has 0 amide bonds. The van der Waals surface area contributed by atoms with Crippen molar-refractivity contribution >= 4 is 43.0 Å². The third-order valence-corrected chi connectivity index (χ3v) is 4.26. The molecule has 0 aromatic rings. The van der Waals surface area contributed by atoms with Gasteiger partial charge in [0.05, 0.1) is 23.8 Å².